The Bertz CT molecular complexity index is 374. The maximum Gasteiger partial charge on any atom is 0.0615 e. The molecule has 0 radical (unpaired) electrons. The van der Waals surface area contributed by atoms with Gasteiger partial charge in [-0.15, -0.1) is 0 Å². The number of ether oxygens (including phenoxy) is 1. The van der Waals surface area contributed by atoms with E-state index in [4.69, 9.17) is 4.74 Å². The van der Waals surface area contributed by atoms with Crippen LogP contribution in [-0.2, 0) is 11.2 Å². The Hall–Kier alpha value is -0.900. The fourth-order valence-corrected chi connectivity index (χ4v) is 3.07. The van der Waals surface area contributed by atoms with Crippen molar-refractivity contribution in [3.8, 4) is 0 Å². The van der Waals surface area contributed by atoms with Gasteiger partial charge in [0.25, 0.3) is 0 Å². The van der Waals surface area contributed by atoms with E-state index in [1.165, 1.54) is 44.5 Å². The van der Waals surface area contributed by atoms with E-state index in [0.29, 0.717) is 12.1 Å². The number of piperidine rings is 1. The Morgan fingerprint density at radius 3 is 2.57 bits per heavy atom. The van der Waals surface area contributed by atoms with Gasteiger partial charge >= 0.3 is 0 Å². The predicted molar refractivity (Wildman–Crippen MR) is 88.7 cm³/mol. The summed E-state index contributed by atoms with van der Waals surface area (Å²) in [5.74, 6) is 0. The maximum atomic E-state index is 5.27. The summed E-state index contributed by atoms with van der Waals surface area (Å²) in [5, 5.41) is 3.75. The first-order valence-corrected chi connectivity index (χ1v) is 8.33. The van der Waals surface area contributed by atoms with Crippen LogP contribution in [0.3, 0.4) is 0 Å². The largest absolute Gasteiger partial charge is 0.383 e. The number of hydrogen-bond donors (Lipinski definition) is 1. The summed E-state index contributed by atoms with van der Waals surface area (Å²) in [6.07, 6.45) is 4.83. The molecule has 1 atom stereocenters. The highest BCUT2D eigenvalue weighted by molar-refractivity contribution is 5.14. The number of nitrogens with one attached hydrogen (secondary N) is 1. The average molecular weight is 290 g/mol. The summed E-state index contributed by atoms with van der Waals surface area (Å²) in [7, 11) is 1.79. The van der Waals surface area contributed by atoms with Crippen LogP contribution in [0.1, 0.15) is 31.7 Å². The van der Waals surface area contributed by atoms with Crippen molar-refractivity contribution in [1.29, 1.82) is 0 Å². The van der Waals surface area contributed by atoms with Crippen LogP contribution in [0.15, 0.2) is 30.3 Å². The van der Waals surface area contributed by atoms with Gasteiger partial charge in [0.15, 0.2) is 0 Å². The van der Waals surface area contributed by atoms with Gasteiger partial charge in [-0.2, -0.15) is 0 Å². The van der Waals surface area contributed by atoms with Gasteiger partial charge in [0.05, 0.1) is 6.61 Å². The van der Waals surface area contributed by atoms with Crippen LogP contribution in [-0.4, -0.2) is 50.3 Å². The fourth-order valence-electron chi connectivity index (χ4n) is 3.07. The Balaban J connectivity index is 1.66. The van der Waals surface area contributed by atoms with Crippen molar-refractivity contribution in [2.75, 3.05) is 33.4 Å². The Morgan fingerprint density at radius 1 is 1.24 bits per heavy atom. The van der Waals surface area contributed by atoms with Gasteiger partial charge in [0.1, 0.15) is 0 Å². The van der Waals surface area contributed by atoms with Crippen LogP contribution in [0.4, 0.5) is 0 Å². The lowest BCUT2D eigenvalue weighted by Gasteiger charge is -2.34. The van der Waals surface area contributed by atoms with Gasteiger partial charge in [-0.3, -0.25) is 0 Å². The summed E-state index contributed by atoms with van der Waals surface area (Å²) in [6, 6.07) is 12.0. The van der Waals surface area contributed by atoms with Crippen molar-refractivity contribution in [2.45, 2.75) is 44.7 Å². The van der Waals surface area contributed by atoms with Gasteiger partial charge in [0, 0.05) is 25.7 Å². The van der Waals surface area contributed by atoms with Gasteiger partial charge in [-0.25, -0.2) is 0 Å². The van der Waals surface area contributed by atoms with Gasteiger partial charge in [0.2, 0.25) is 0 Å². The second-order valence-corrected chi connectivity index (χ2v) is 6.08. The van der Waals surface area contributed by atoms with E-state index in [1.807, 2.05) is 0 Å². The molecule has 1 saturated heterocycles. The quantitative estimate of drug-likeness (QED) is 0.797. The maximum absolute atomic E-state index is 5.27. The topological polar surface area (TPSA) is 24.5 Å². The number of methoxy groups -OCH3 is 1. The molecule has 1 unspecified atom stereocenters. The lowest BCUT2D eigenvalue weighted by atomic mass is 10.0. The van der Waals surface area contributed by atoms with E-state index in [9.17, 15) is 0 Å². The molecule has 0 aliphatic carbocycles. The van der Waals surface area contributed by atoms with E-state index >= 15 is 0 Å². The van der Waals surface area contributed by atoms with Crippen LogP contribution in [0, 0.1) is 0 Å². The second-order valence-electron chi connectivity index (χ2n) is 6.08. The molecule has 0 amide bonds. The summed E-state index contributed by atoms with van der Waals surface area (Å²) < 4.78 is 5.27. The Morgan fingerprint density at radius 2 is 1.95 bits per heavy atom. The number of nitrogens with zero attached hydrogens (tertiary/aromatic N) is 1. The molecule has 0 aromatic heterocycles. The normalized spacial score (nSPS) is 18.8. The van der Waals surface area contributed by atoms with Crippen LogP contribution in [0.25, 0.3) is 0 Å². The van der Waals surface area contributed by atoms with Crippen LogP contribution in [0.5, 0.6) is 0 Å². The minimum atomic E-state index is 0.510. The molecule has 2 rings (SSSR count). The van der Waals surface area contributed by atoms with Crippen LogP contribution < -0.4 is 5.32 Å². The molecule has 0 spiro atoms. The first-order valence-electron chi connectivity index (χ1n) is 8.33. The second kappa shape index (κ2) is 9.19. The van der Waals surface area contributed by atoms with Crippen molar-refractivity contribution in [1.82, 2.24) is 10.2 Å². The van der Waals surface area contributed by atoms with Crippen molar-refractivity contribution >= 4 is 0 Å². The minimum absolute atomic E-state index is 0.510. The van der Waals surface area contributed by atoms with Gasteiger partial charge < -0.3 is 15.0 Å². The molecular formula is C18H30N2O. The summed E-state index contributed by atoms with van der Waals surface area (Å²) >= 11 is 0. The lowest BCUT2D eigenvalue weighted by Crippen LogP contribution is -2.47. The number of benzene rings is 1. The third-order valence-corrected chi connectivity index (χ3v) is 4.48. The molecule has 1 N–H and O–H groups in total. The molecule has 1 aliphatic rings. The smallest absolute Gasteiger partial charge is 0.0615 e. The van der Waals surface area contributed by atoms with Crippen molar-refractivity contribution in [2.24, 2.45) is 0 Å². The zero-order valence-electron chi connectivity index (χ0n) is 13.6. The molecule has 3 heteroatoms. The Kier molecular flexibility index (Phi) is 7.20. The highest BCUT2D eigenvalue weighted by Gasteiger charge is 2.20. The van der Waals surface area contributed by atoms with E-state index < -0.39 is 0 Å². The molecule has 0 bridgehead atoms. The summed E-state index contributed by atoms with van der Waals surface area (Å²) in [5.41, 5.74) is 1.45. The molecule has 0 saturated carbocycles. The van der Waals surface area contributed by atoms with E-state index in [-0.39, 0.29) is 0 Å². The zero-order chi connectivity index (χ0) is 14.9. The predicted octanol–water partition coefficient (Wildman–Crippen LogP) is 2.71. The number of hydrogen-bond acceptors (Lipinski definition) is 3. The van der Waals surface area contributed by atoms with Gasteiger partial charge in [-0.05, 0) is 44.3 Å². The average Bonchev–Trinajstić information content (AvgIpc) is 2.54. The first-order chi connectivity index (χ1) is 10.3. The molecule has 1 aromatic carbocycles. The van der Waals surface area contributed by atoms with Gasteiger partial charge in [-0.1, -0.05) is 37.3 Å². The molecule has 1 aromatic rings. The Labute approximate surface area is 129 Å². The molecule has 1 heterocycles. The highest BCUT2D eigenvalue weighted by Crippen LogP contribution is 2.12. The summed E-state index contributed by atoms with van der Waals surface area (Å²) in [6.45, 7) is 6.67. The third kappa shape index (κ3) is 5.77. The van der Waals surface area contributed by atoms with E-state index in [2.05, 4.69) is 47.5 Å². The fraction of sp³-hybridized carbons (Fsp3) is 0.667. The number of likely N-dealkylation sites (tertiary alicyclic amines) is 1. The third-order valence-electron chi connectivity index (χ3n) is 4.48. The lowest BCUT2D eigenvalue weighted by molar-refractivity contribution is 0.140. The zero-order valence-corrected chi connectivity index (χ0v) is 13.6. The van der Waals surface area contributed by atoms with Crippen molar-refractivity contribution < 1.29 is 4.74 Å². The van der Waals surface area contributed by atoms with E-state index in [1.54, 1.807) is 7.11 Å². The SMILES string of the molecule is CCC(COC)NC1CCN(CCc2ccccc2)CC1. The monoisotopic (exact) mass is 290 g/mol. The molecule has 21 heavy (non-hydrogen) atoms. The standard InChI is InChI=1S/C18H30N2O/c1-3-17(15-21-2)19-18-10-13-20(14-11-18)12-9-16-7-5-4-6-8-16/h4-8,17-19H,3,9-15H2,1-2H3. The van der Waals surface area contributed by atoms with Crippen LogP contribution in [0.2, 0.25) is 0 Å². The summed E-state index contributed by atoms with van der Waals surface area (Å²) in [4.78, 5) is 2.60. The van der Waals surface area contributed by atoms with Crippen LogP contribution >= 0.6 is 0 Å². The molecule has 3 nitrogen and oxygen atoms in total. The van der Waals surface area contributed by atoms with E-state index in [0.717, 1.165) is 13.0 Å². The van der Waals surface area contributed by atoms with Crippen molar-refractivity contribution in [3.63, 3.8) is 0 Å². The molecule has 1 aliphatic heterocycles. The first kappa shape index (κ1) is 16.5. The number of rotatable bonds is 8. The minimum Gasteiger partial charge on any atom is -0.383 e. The van der Waals surface area contributed by atoms with Crippen molar-refractivity contribution in [3.05, 3.63) is 35.9 Å². The molecule has 118 valence electrons. The molecule has 1 fully saturated rings. The molecular weight excluding hydrogens is 260 g/mol. The highest BCUT2D eigenvalue weighted by atomic mass is 16.5.